The van der Waals surface area contributed by atoms with E-state index in [0.717, 1.165) is 32.1 Å². The quantitative estimate of drug-likeness (QED) is 0.608. The summed E-state index contributed by atoms with van der Waals surface area (Å²) in [5.74, 6) is 2.01. The number of hydrogen-bond acceptors (Lipinski definition) is 8. The number of methoxy groups -OCH3 is 2. The van der Waals surface area contributed by atoms with Gasteiger partial charge in [0, 0.05) is 30.3 Å². The van der Waals surface area contributed by atoms with Crippen molar-refractivity contribution >= 4 is 40.9 Å². The number of nitrogens with zero attached hydrogens (tertiary/aromatic N) is 3. The van der Waals surface area contributed by atoms with Gasteiger partial charge in [-0.05, 0) is 43.7 Å². The lowest BCUT2D eigenvalue weighted by atomic mass is 9.67. The molecular weight excluding hydrogens is 470 g/mol. The van der Waals surface area contributed by atoms with Gasteiger partial charge in [0.05, 0.1) is 25.8 Å². The first-order chi connectivity index (χ1) is 16.4. The molecule has 5 rings (SSSR count). The summed E-state index contributed by atoms with van der Waals surface area (Å²) in [4.78, 5) is 37.2. The molecule has 3 heterocycles. The van der Waals surface area contributed by atoms with Crippen LogP contribution in [0.25, 0.3) is 10.9 Å². The topological polar surface area (TPSA) is 120 Å². The summed E-state index contributed by atoms with van der Waals surface area (Å²) in [5.41, 5.74) is 6.84. The molecule has 1 aromatic carbocycles. The predicted octanol–water partition coefficient (Wildman–Crippen LogP) is 3.54. The largest absolute Gasteiger partial charge is 0.493 e. The third-order valence-electron chi connectivity index (χ3n) is 7.80. The Labute approximate surface area is 211 Å². The summed E-state index contributed by atoms with van der Waals surface area (Å²) < 4.78 is 10.8. The van der Waals surface area contributed by atoms with Crippen LogP contribution in [0, 0.1) is 5.41 Å². The van der Waals surface area contributed by atoms with Gasteiger partial charge >= 0.3 is 0 Å². The lowest BCUT2D eigenvalue weighted by Gasteiger charge is -2.46. The van der Waals surface area contributed by atoms with Gasteiger partial charge in [-0.1, -0.05) is 19.3 Å². The van der Waals surface area contributed by atoms with Crippen LogP contribution in [-0.4, -0.2) is 53.5 Å². The number of halogens is 1. The van der Waals surface area contributed by atoms with E-state index in [-0.39, 0.29) is 41.7 Å². The highest BCUT2D eigenvalue weighted by atomic mass is 35.5. The second-order valence-electron chi connectivity index (χ2n) is 9.95. The molecule has 1 aliphatic carbocycles. The van der Waals surface area contributed by atoms with E-state index >= 15 is 0 Å². The second kappa shape index (κ2) is 10.1. The molecule has 2 unspecified atom stereocenters. The zero-order valence-electron chi connectivity index (χ0n) is 20.3. The van der Waals surface area contributed by atoms with Crippen molar-refractivity contribution in [2.24, 2.45) is 5.41 Å². The lowest BCUT2D eigenvalue weighted by molar-refractivity contribution is -0.158. The molecule has 9 nitrogen and oxygen atoms in total. The zero-order chi connectivity index (χ0) is 23.9. The average molecular weight is 504 g/mol. The Balaban J connectivity index is 0.00000289. The predicted molar refractivity (Wildman–Crippen MR) is 135 cm³/mol. The van der Waals surface area contributed by atoms with Gasteiger partial charge in [-0.25, -0.2) is 9.97 Å². The van der Waals surface area contributed by atoms with Gasteiger partial charge in [0.25, 0.3) is 0 Å². The molecule has 190 valence electrons. The number of carbonyl (C=O) groups excluding carboxylic acids is 2. The molecule has 2 atom stereocenters. The van der Waals surface area contributed by atoms with E-state index in [1.807, 2.05) is 0 Å². The smallest absolute Gasteiger partial charge is 0.230 e. The van der Waals surface area contributed by atoms with Crippen LogP contribution < -0.4 is 20.5 Å². The first kappa shape index (κ1) is 25.4. The lowest BCUT2D eigenvalue weighted by Crippen LogP contribution is -2.55. The maximum Gasteiger partial charge on any atom is 0.230 e. The Morgan fingerprint density at radius 3 is 2.34 bits per heavy atom. The number of ether oxygens (including phenoxy) is 2. The van der Waals surface area contributed by atoms with Gasteiger partial charge in [-0.2, -0.15) is 0 Å². The summed E-state index contributed by atoms with van der Waals surface area (Å²) in [5, 5.41) is 4.14. The molecule has 2 amide bonds. The van der Waals surface area contributed by atoms with Crippen molar-refractivity contribution in [2.45, 2.75) is 69.9 Å². The first-order valence-corrected chi connectivity index (χ1v) is 12.2. The van der Waals surface area contributed by atoms with Crippen molar-refractivity contribution in [1.29, 1.82) is 0 Å². The van der Waals surface area contributed by atoms with Crippen LogP contribution in [0.15, 0.2) is 12.1 Å². The van der Waals surface area contributed by atoms with Gasteiger partial charge in [-0.15, -0.1) is 12.4 Å². The number of fused-ring (bicyclic) bond motifs is 1. The molecule has 1 aromatic heterocycles. The van der Waals surface area contributed by atoms with E-state index in [1.54, 1.807) is 31.3 Å². The van der Waals surface area contributed by atoms with Crippen LogP contribution in [0.2, 0.25) is 0 Å². The highest BCUT2D eigenvalue weighted by Crippen LogP contribution is 2.46. The monoisotopic (exact) mass is 503 g/mol. The molecule has 2 aromatic rings. The number of nitrogens with two attached hydrogens (primary N) is 1. The Morgan fingerprint density at radius 2 is 1.69 bits per heavy atom. The molecule has 3 fully saturated rings. The van der Waals surface area contributed by atoms with E-state index in [0.29, 0.717) is 59.9 Å². The number of piperidine rings is 2. The van der Waals surface area contributed by atoms with E-state index < -0.39 is 0 Å². The minimum absolute atomic E-state index is 0. The van der Waals surface area contributed by atoms with Gasteiger partial charge in [0.15, 0.2) is 11.5 Å². The molecule has 1 saturated carbocycles. The van der Waals surface area contributed by atoms with Crippen LogP contribution in [0.1, 0.15) is 69.7 Å². The average Bonchev–Trinajstić information content (AvgIpc) is 2.83. The summed E-state index contributed by atoms with van der Waals surface area (Å²) in [6.07, 6.45) is 7.72. The third kappa shape index (κ3) is 4.76. The van der Waals surface area contributed by atoms with Gasteiger partial charge in [-0.3, -0.25) is 14.5 Å². The maximum atomic E-state index is 13.2. The Morgan fingerprint density at radius 1 is 1.03 bits per heavy atom. The van der Waals surface area contributed by atoms with Crippen molar-refractivity contribution in [3.63, 3.8) is 0 Å². The Kier molecular flexibility index (Phi) is 7.38. The summed E-state index contributed by atoms with van der Waals surface area (Å²) >= 11 is 0. The number of carbonyl (C=O) groups is 2. The number of hydrogen-bond donors (Lipinski definition) is 2. The number of nitrogens with one attached hydrogen (secondary N) is 1. The van der Waals surface area contributed by atoms with E-state index in [1.165, 1.54) is 6.42 Å². The maximum absolute atomic E-state index is 13.2. The number of likely N-dealkylation sites (tertiary alicyclic amines) is 1. The fourth-order valence-electron chi connectivity index (χ4n) is 6.06. The van der Waals surface area contributed by atoms with Gasteiger partial charge < -0.3 is 20.5 Å². The molecule has 0 radical (unpaired) electrons. The minimum atomic E-state index is -0.204. The number of anilines is 1. The fraction of sp³-hybridized carbons (Fsp3) is 0.600. The van der Waals surface area contributed by atoms with Gasteiger partial charge in [0.1, 0.15) is 11.6 Å². The summed E-state index contributed by atoms with van der Waals surface area (Å²) in [7, 11) is 3.15. The van der Waals surface area contributed by atoms with Crippen molar-refractivity contribution in [3.05, 3.63) is 18.0 Å². The molecular formula is C25H34ClN5O4. The van der Waals surface area contributed by atoms with Gasteiger partial charge in [0.2, 0.25) is 11.8 Å². The van der Waals surface area contributed by atoms with Crippen LogP contribution in [-0.2, 0) is 9.59 Å². The third-order valence-corrected chi connectivity index (χ3v) is 7.80. The second-order valence-corrected chi connectivity index (χ2v) is 9.95. The molecule has 10 heteroatoms. The summed E-state index contributed by atoms with van der Waals surface area (Å²) in [6.45, 7) is 0.671. The number of benzene rings is 1. The first-order valence-electron chi connectivity index (χ1n) is 12.2. The van der Waals surface area contributed by atoms with Crippen molar-refractivity contribution in [2.75, 3.05) is 26.5 Å². The highest BCUT2D eigenvalue weighted by Gasteiger charge is 2.46. The van der Waals surface area contributed by atoms with Crippen LogP contribution >= 0.6 is 12.4 Å². The van der Waals surface area contributed by atoms with E-state index in [2.05, 4.69) is 10.3 Å². The Hall–Kier alpha value is -2.65. The molecule has 0 bridgehead atoms. The van der Waals surface area contributed by atoms with Crippen LogP contribution in [0.5, 0.6) is 11.5 Å². The molecule has 3 N–H and O–H groups in total. The number of amides is 2. The SMILES string of the molecule is COc1cc2nc(C3CC(N4C(=O)CC5(CCCCC5)CC4=O)CCN3)nc(N)c2cc1OC.Cl. The minimum Gasteiger partial charge on any atom is -0.493 e. The Bertz CT molecular complexity index is 1100. The van der Waals surface area contributed by atoms with Crippen molar-refractivity contribution in [3.8, 4) is 11.5 Å². The van der Waals surface area contributed by atoms with Crippen LogP contribution in [0.4, 0.5) is 5.82 Å². The summed E-state index contributed by atoms with van der Waals surface area (Å²) in [6, 6.07) is 3.20. The number of imide groups is 1. The standard InChI is InChI=1S/C25H33N5O4.ClH/c1-33-19-11-16-17(12-20(19)34-2)28-24(29-23(16)26)18-10-15(6-9-27-18)30-21(31)13-25(14-22(30)32)7-4-3-5-8-25;/h11-12,15,18,27H,3-10,13-14H2,1-2H3,(H2,26,28,29);1H. The van der Waals surface area contributed by atoms with E-state index in [9.17, 15) is 9.59 Å². The molecule has 2 saturated heterocycles. The molecule has 35 heavy (non-hydrogen) atoms. The van der Waals surface area contributed by atoms with E-state index in [4.69, 9.17) is 20.2 Å². The molecule has 1 spiro atoms. The molecule has 3 aliphatic rings. The van der Waals surface area contributed by atoms with Crippen molar-refractivity contribution < 1.29 is 19.1 Å². The normalized spacial score (nSPS) is 24.3. The fourth-order valence-corrected chi connectivity index (χ4v) is 6.06. The van der Waals surface area contributed by atoms with Crippen molar-refractivity contribution in [1.82, 2.24) is 20.2 Å². The number of rotatable bonds is 4. The number of nitrogen functional groups attached to an aromatic ring is 1. The highest BCUT2D eigenvalue weighted by molar-refractivity contribution is 5.99. The molecule has 2 aliphatic heterocycles. The number of aromatic nitrogens is 2. The zero-order valence-corrected chi connectivity index (χ0v) is 21.2. The van der Waals surface area contributed by atoms with Crippen LogP contribution in [0.3, 0.4) is 0 Å².